The Morgan fingerprint density at radius 1 is 0.880 bits per heavy atom. The maximum absolute atomic E-state index is 12.0. The van der Waals surface area contributed by atoms with Crippen molar-refractivity contribution < 1.29 is 72.6 Å². The van der Waals surface area contributed by atoms with Crippen molar-refractivity contribution in [1.82, 2.24) is 0 Å². The first kappa shape index (κ1) is 38.4. The lowest BCUT2D eigenvalue weighted by molar-refractivity contribution is -0.299. The van der Waals surface area contributed by atoms with Gasteiger partial charge in [-0.2, -0.15) is 0 Å². The topological polar surface area (TPSA) is 198 Å². The van der Waals surface area contributed by atoms with Crippen LogP contribution in [0, 0.1) is 0 Å². The molecule has 0 amide bonds. The lowest BCUT2D eigenvalue weighted by Crippen LogP contribution is -2.59. The summed E-state index contributed by atoms with van der Waals surface area (Å²) in [5, 5.41) is 40.2. The molecule has 15 heteroatoms. The number of methoxy groups -OCH3 is 4. The molecule has 0 spiro atoms. The highest BCUT2D eigenvalue weighted by Gasteiger charge is 2.45. The minimum absolute atomic E-state index is 0.000201. The van der Waals surface area contributed by atoms with Crippen molar-refractivity contribution in [2.45, 2.75) is 56.1 Å². The zero-order valence-corrected chi connectivity index (χ0v) is 28.5. The average Bonchev–Trinajstić information content (AvgIpc) is 3.48. The normalized spacial score (nSPS) is 24.2. The number of aliphatic hydroxyl groups excluding tert-OH is 4. The number of aliphatic hydroxyl groups is 4. The number of hydrogen-bond donors (Lipinski definition) is 4. The van der Waals surface area contributed by atoms with E-state index >= 15 is 0 Å². The monoisotopic (exact) mass is 704 g/mol. The van der Waals surface area contributed by atoms with E-state index in [1.165, 1.54) is 35.4 Å². The van der Waals surface area contributed by atoms with Crippen LogP contribution in [0.4, 0.5) is 0 Å². The third-order valence-corrected chi connectivity index (χ3v) is 8.23. The van der Waals surface area contributed by atoms with Crippen LogP contribution in [-0.4, -0.2) is 118 Å². The molecule has 2 aromatic carbocycles. The molecular formula is C35H44O15. The first-order valence-electron chi connectivity index (χ1n) is 15.7. The third kappa shape index (κ3) is 8.67. The molecule has 0 bridgehead atoms. The molecule has 1 saturated heterocycles. The van der Waals surface area contributed by atoms with E-state index in [1.807, 2.05) is 6.07 Å². The molecule has 4 N–H and O–H groups in total. The third-order valence-electron chi connectivity index (χ3n) is 8.23. The summed E-state index contributed by atoms with van der Waals surface area (Å²) in [5.41, 5.74) is 2.11. The Morgan fingerprint density at radius 3 is 2.16 bits per heavy atom. The molecule has 2 aliphatic rings. The summed E-state index contributed by atoms with van der Waals surface area (Å²) < 4.78 is 50.5. The standard InChI is InChI=1S/C35H44O15/c1-18(9-10-36)34(41)48-17-27-28(38)29(39)30(40)35(49-27)46-11-7-8-20-12-22-23(16-47-19(2)37)31(50-32(22)24(13-20)42-3)21-14-25(43-4)33(45-6)26(15-21)44-5/h7-8,12-15,23,27-31,35-36,38-40H,1,9-11,16-17H2,2-6H3/b8-7+/t23-,27-,28-,29+,30-,31+,35-/m1/s1. The van der Waals surface area contributed by atoms with Gasteiger partial charge in [0.1, 0.15) is 43.7 Å². The largest absolute Gasteiger partial charge is 0.493 e. The summed E-state index contributed by atoms with van der Waals surface area (Å²) in [6.45, 7) is 4.01. The fourth-order valence-corrected chi connectivity index (χ4v) is 5.64. The van der Waals surface area contributed by atoms with Crippen molar-refractivity contribution in [3.63, 3.8) is 0 Å². The molecule has 0 radical (unpaired) electrons. The number of carbonyl (C=O) groups excluding carboxylic acids is 2. The molecular weight excluding hydrogens is 660 g/mol. The van der Waals surface area contributed by atoms with E-state index < -0.39 is 61.3 Å². The Balaban J connectivity index is 1.52. The number of benzene rings is 2. The van der Waals surface area contributed by atoms with E-state index in [0.29, 0.717) is 45.4 Å². The summed E-state index contributed by atoms with van der Waals surface area (Å²) in [7, 11) is 6.02. The van der Waals surface area contributed by atoms with Gasteiger partial charge < -0.3 is 63.1 Å². The van der Waals surface area contributed by atoms with Gasteiger partial charge in [0, 0.05) is 36.7 Å². The van der Waals surface area contributed by atoms with Gasteiger partial charge in [-0.05, 0) is 29.8 Å². The summed E-state index contributed by atoms with van der Waals surface area (Å²) >= 11 is 0. The number of rotatable bonds is 16. The molecule has 2 aromatic rings. The van der Waals surface area contributed by atoms with Crippen molar-refractivity contribution in [2.75, 3.05) is 54.9 Å². The molecule has 0 unspecified atom stereocenters. The second-order valence-corrected chi connectivity index (χ2v) is 11.5. The van der Waals surface area contributed by atoms with E-state index in [2.05, 4.69) is 6.58 Å². The molecule has 15 nitrogen and oxygen atoms in total. The Kier molecular flexibility index (Phi) is 13.5. The number of esters is 2. The average molecular weight is 705 g/mol. The summed E-state index contributed by atoms with van der Waals surface area (Å²) in [4.78, 5) is 23.9. The molecule has 0 aromatic heterocycles. The second kappa shape index (κ2) is 17.5. The molecule has 0 aliphatic carbocycles. The van der Waals surface area contributed by atoms with Crippen LogP contribution in [0.5, 0.6) is 28.7 Å². The Morgan fingerprint density at radius 2 is 1.56 bits per heavy atom. The maximum Gasteiger partial charge on any atom is 0.333 e. The summed E-state index contributed by atoms with van der Waals surface area (Å²) in [6.07, 6.45) is -4.63. The van der Waals surface area contributed by atoms with Crippen molar-refractivity contribution in [1.29, 1.82) is 0 Å². The molecule has 7 atom stereocenters. The van der Waals surface area contributed by atoms with Gasteiger partial charge in [0.2, 0.25) is 5.75 Å². The van der Waals surface area contributed by atoms with Gasteiger partial charge in [-0.3, -0.25) is 4.79 Å². The van der Waals surface area contributed by atoms with Gasteiger partial charge in [-0.25, -0.2) is 4.79 Å². The van der Waals surface area contributed by atoms with Crippen LogP contribution in [0.25, 0.3) is 6.08 Å². The van der Waals surface area contributed by atoms with E-state index in [0.717, 1.165) is 0 Å². The minimum Gasteiger partial charge on any atom is -0.493 e. The Hall–Kier alpha value is -4.38. The number of ether oxygens (including phenoxy) is 9. The lowest BCUT2D eigenvalue weighted by atomic mass is 9.90. The highest BCUT2D eigenvalue weighted by Crippen LogP contribution is 2.53. The quantitative estimate of drug-likeness (QED) is 0.146. The van der Waals surface area contributed by atoms with E-state index in [-0.39, 0.29) is 31.8 Å². The van der Waals surface area contributed by atoms with Gasteiger partial charge in [-0.15, -0.1) is 0 Å². The predicted molar refractivity (Wildman–Crippen MR) is 175 cm³/mol. The minimum atomic E-state index is -1.64. The van der Waals surface area contributed by atoms with E-state index in [1.54, 1.807) is 30.4 Å². The van der Waals surface area contributed by atoms with Crippen LogP contribution in [0.1, 0.15) is 42.1 Å². The van der Waals surface area contributed by atoms with Gasteiger partial charge in [0.05, 0.1) is 41.0 Å². The van der Waals surface area contributed by atoms with Crippen molar-refractivity contribution in [3.05, 3.63) is 59.2 Å². The van der Waals surface area contributed by atoms with Crippen molar-refractivity contribution >= 4 is 18.0 Å². The molecule has 274 valence electrons. The van der Waals surface area contributed by atoms with E-state index in [4.69, 9.17) is 47.7 Å². The van der Waals surface area contributed by atoms with Crippen LogP contribution in [0.2, 0.25) is 0 Å². The number of hydrogen-bond acceptors (Lipinski definition) is 15. The molecule has 2 heterocycles. The number of fused-ring (bicyclic) bond motifs is 1. The Labute approximate surface area is 289 Å². The van der Waals surface area contributed by atoms with E-state index in [9.17, 15) is 24.9 Å². The van der Waals surface area contributed by atoms with Crippen LogP contribution < -0.4 is 23.7 Å². The van der Waals surface area contributed by atoms with Crippen molar-refractivity contribution in [3.8, 4) is 28.7 Å². The predicted octanol–water partition coefficient (Wildman–Crippen LogP) is 1.82. The molecule has 50 heavy (non-hydrogen) atoms. The van der Waals surface area contributed by atoms with Crippen LogP contribution in [-0.2, 0) is 28.5 Å². The molecule has 2 aliphatic heterocycles. The fourth-order valence-electron chi connectivity index (χ4n) is 5.64. The molecule has 1 fully saturated rings. The Bertz CT molecular complexity index is 1510. The second-order valence-electron chi connectivity index (χ2n) is 11.5. The summed E-state index contributed by atoms with van der Waals surface area (Å²) in [5.74, 6) is 0.440. The smallest absolute Gasteiger partial charge is 0.333 e. The maximum atomic E-state index is 12.0. The van der Waals surface area contributed by atoms with Crippen molar-refractivity contribution in [2.24, 2.45) is 0 Å². The van der Waals surface area contributed by atoms with Gasteiger partial charge >= 0.3 is 11.9 Å². The highest BCUT2D eigenvalue weighted by atomic mass is 16.7. The van der Waals surface area contributed by atoms with Gasteiger partial charge in [0.15, 0.2) is 29.3 Å². The highest BCUT2D eigenvalue weighted by molar-refractivity contribution is 5.87. The fraction of sp³-hybridized carbons (Fsp3) is 0.486. The van der Waals surface area contributed by atoms with Crippen LogP contribution in [0.3, 0.4) is 0 Å². The zero-order valence-electron chi connectivity index (χ0n) is 28.5. The first-order valence-corrected chi connectivity index (χ1v) is 15.7. The SMILES string of the molecule is C=C(CCO)C(=O)OC[C@H]1O[C@@H](OC/C=C/c2cc(OC)c3c(c2)[C@@H](COC(C)=O)[C@H](c2cc(OC)c(OC)c(OC)c2)O3)[C@H](O)[C@@H](O)[C@@H]1O. The zero-order chi connectivity index (χ0) is 36.5. The lowest BCUT2D eigenvalue weighted by Gasteiger charge is -2.39. The van der Waals surface area contributed by atoms with Crippen LogP contribution >= 0.6 is 0 Å². The number of carbonyl (C=O) groups is 2. The van der Waals surface area contributed by atoms with Gasteiger partial charge in [0.25, 0.3) is 0 Å². The van der Waals surface area contributed by atoms with Gasteiger partial charge in [-0.1, -0.05) is 18.7 Å². The molecule has 0 saturated carbocycles. The first-order chi connectivity index (χ1) is 24.0. The van der Waals surface area contributed by atoms with Crippen LogP contribution in [0.15, 0.2) is 42.5 Å². The molecule has 4 rings (SSSR count). The summed E-state index contributed by atoms with van der Waals surface area (Å²) in [6, 6.07) is 7.14.